The summed E-state index contributed by atoms with van der Waals surface area (Å²) in [5.74, 6) is 1.56. The third-order valence-electron chi connectivity index (χ3n) is 4.44. The zero-order valence-corrected chi connectivity index (χ0v) is 14.2. The first-order valence-electron chi connectivity index (χ1n) is 8.12. The minimum atomic E-state index is -0.175. The van der Waals surface area contributed by atoms with Gasteiger partial charge in [0.15, 0.2) is 11.0 Å². The summed E-state index contributed by atoms with van der Waals surface area (Å²) in [5, 5.41) is 7.22. The molecule has 0 bridgehead atoms. The van der Waals surface area contributed by atoms with E-state index >= 15 is 0 Å². The van der Waals surface area contributed by atoms with Crippen molar-refractivity contribution in [2.75, 3.05) is 11.1 Å². The van der Waals surface area contributed by atoms with Crippen LogP contribution in [0.2, 0.25) is 0 Å². The summed E-state index contributed by atoms with van der Waals surface area (Å²) >= 11 is 1.55. The highest BCUT2D eigenvalue weighted by Crippen LogP contribution is 2.33. The number of nitrogens with zero attached hydrogens (tertiary/aromatic N) is 3. The van der Waals surface area contributed by atoms with Crippen molar-refractivity contribution in [1.82, 2.24) is 14.7 Å². The summed E-state index contributed by atoms with van der Waals surface area (Å²) in [6, 6.07) is 1.50. The van der Waals surface area contributed by atoms with E-state index in [0.29, 0.717) is 17.3 Å². The Morgan fingerprint density at radius 2 is 2.29 bits per heavy atom. The Morgan fingerprint density at radius 3 is 3.08 bits per heavy atom. The van der Waals surface area contributed by atoms with Crippen molar-refractivity contribution in [2.45, 2.75) is 50.2 Å². The number of fused-ring (bicyclic) bond motifs is 2. The second-order valence-electron chi connectivity index (χ2n) is 6.24. The van der Waals surface area contributed by atoms with Gasteiger partial charge in [-0.05, 0) is 32.6 Å². The molecular formula is C16H18N4O3S. The average Bonchev–Trinajstić information content (AvgIpc) is 3.14. The maximum Gasteiger partial charge on any atom is 0.257 e. The van der Waals surface area contributed by atoms with Crippen LogP contribution in [0.25, 0.3) is 0 Å². The number of hydrogen-bond donors (Lipinski definition) is 1. The molecule has 126 valence electrons. The zero-order valence-electron chi connectivity index (χ0n) is 13.4. The van der Waals surface area contributed by atoms with Gasteiger partial charge in [-0.25, -0.2) is 4.98 Å². The van der Waals surface area contributed by atoms with Gasteiger partial charge in [0.1, 0.15) is 5.76 Å². The van der Waals surface area contributed by atoms with E-state index in [0.717, 1.165) is 42.1 Å². The van der Waals surface area contributed by atoms with Crippen LogP contribution in [0.15, 0.2) is 20.5 Å². The van der Waals surface area contributed by atoms with Crippen LogP contribution in [0, 0.1) is 6.92 Å². The molecular weight excluding hydrogens is 328 g/mol. The molecule has 0 saturated carbocycles. The molecule has 1 N–H and O–H groups in total. The Hall–Kier alpha value is -2.09. The minimum Gasteiger partial charge on any atom is -0.360 e. The molecule has 0 radical (unpaired) electrons. The number of rotatable bonds is 3. The van der Waals surface area contributed by atoms with Crippen LogP contribution in [-0.2, 0) is 17.6 Å². The van der Waals surface area contributed by atoms with Crippen LogP contribution in [0.1, 0.15) is 42.3 Å². The second kappa shape index (κ2) is 6.08. The molecule has 1 aliphatic carbocycles. The topological polar surface area (TPSA) is 90.0 Å². The molecule has 1 amide bonds. The van der Waals surface area contributed by atoms with Crippen LogP contribution < -0.4 is 10.9 Å². The molecule has 0 saturated heterocycles. The number of anilines is 1. The molecule has 0 fully saturated rings. The molecule has 2 aromatic rings. The Balaban J connectivity index is 1.55. The molecule has 0 spiro atoms. The maximum atomic E-state index is 12.8. The SMILES string of the molecule is Cc1cc(NC(=O)CC2CSc3nc4c(c(=O)n32)CCCC4)no1. The predicted octanol–water partition coefficient (Wildman–Crippen LogP) is 2.09. The molecule has 3 heterocycles. The Kier molecular flexibility index (Phi) is 3.91. The van der Waals surface area contributed by atoms with Crippen molar-refractivity contribution in [3.63, 3.8) is 0 Å². The van der Waals surface area contributed by atoms with Gasteiger partial charge in [-0.3, -0.25) is 14.2 Å². The van der Waals surface area contributed by atoms with Crippen LogP contribution >= 0.6 is 11.8 Å². The van der Waals surface area contributed by atoms with E-state index in [1.165, 1.54) is 0 Å². The summed E-state index contributed by atoms with van der Waals surface area (Å²) in [5.41, 5.74) is 1.83. The summed E-state index contributed by atoms with van der Waals surface area (Å²) in [7, 11) is 0. The van der Waals surface area contributed by atoms with Crippen LogP contribution in [-0.4, -0.2) is 26.4 Å². The van der Waals surface area contributed by atoms with Crippen molar-refractivity contribution in [3.8, 4) is 0 Å². The first-order chi connectivity index (χ1) is 11.6. The van der Waals surface area contributed by atoms with Crippen LogP contribution in [0.5, 0.6) is 0 Å². The molecule has 0 aromatic carbocycles. The first-order valence-corrected chi connectivity index (χ1v) is 9.10. The third-order valence-corrected chi connectivity index (χ3v) is 5.54. The van der Waals surface area contributed by atoms with Crippen LogP contribution in [0.3, 0.4) is 0 Å². The molecule has 1 aliphatic heterocycles. The van der Waals surface area contributed by atoms with E-state index in [9.17, 15) is 9.59 Å². The van der Waals surface area contributed by atoms with E-state index in [2.05, 4.69) is 15.5 Å². The Bertz CT molecular complexity index is 857. The zero-order chi connectivity index (χ0) is 16.7. The number of nitrogens with one attached hydrogen (secondary N) is 1. The summed E-state index contributed by atoms with van der Waals surface area (Å²) in [6.07, 6.45) is 4.04. The smallest absolute Gasteiger partial charge is 0.257 e. The largest absolute Gasteiger partial charge is 0.360 e. The number of aromatic nitrogens is 3. The lowest BCUT2D eigenvalue weighted by Gasteiger charge is -2.18. The van der Waals surface area contributed by atoms with Gasteiger partial charge < -0.3 is 9.84 Å². The van der Waals surface area contributed by atoms with Gasteiger partial charge in [-0.15, -0.1) is 0 Å². The number of thioether (sulfide) groups is 1. The van der Waals surface area contributed by atoms with Crippen LogP contribution in [0.4, 0.5) is 5.82 Å². The van der Waals surface area contributed by atoms with E-state index in [-0.39, 0.29) is 23.9 Å². The Labute approximate surface area is 142 Å². The summed E-state index contributed by atoms with van der Waals surface area (Å²) < 4.78 is 6.65. The first kappa shape index (κ1) is 15.4. The molecule has 4 rings (SSSR count). The molecule has 7 nitrogen and oxygen atoms in total. The van der Waals surface area contributed by atoms with E-state index < -0.39 is 0 Å². The van der Waals surface area contributed by atoms with Gasteiger partial charge in [-0.2, -0.15) is 0 Å². The Morgan fingerprint density at radius 1 is 1.46 bits per heavy atom. The lowest BCUT2D eigenvalue weighted by atomic mass is 9.97. The van der Waals surface area contributed by atoms with Crippen molar-refractivity contribution in [1.29, 1.82) is 0 Å². The van der Waals surface area contributed by atoms with Gasteiger partial charge in [-0.1, -0.05) is 16.9 Å². The van der Waals surface area contributed by atoms with Gasteiger partial charge in [0.05, 0.1) is 11.7 Å². The van der Waals surface area contributed by atoms with Gasteiger partial charge in [0.25, 0.3) is 5.56 Å². The highest BCUT2D eigenvalue weighted by Gasteiger charge is 2.30. The van der Waals surface area contributed by atoms with Crippen molar-refractivity contribution >= 4 is 23.5 Å². The van der Waals surface area contributed by atoms with Crippen molar-refractivity contribution < 1.29 is 9.32 Å². The second-order valence-corrected chi connectivity index (χ2v) is 7.23. The van der Waals surface area contributed by atoms with E-state index in [1.807, 2.05) is 0 Å². The molecule has 8 heteroatoms. The fourth-order valence-electron chi connectivity index (χ4n) is 3.30. The molecule has 1 atom stereocenters. The number of amides is 1. The molecule has 2 aliphatic rings. The number of hydrogen-bond acceptors (Lipinski definition) is 6. The monoisotopic (exact) mass is 346 g/mol. The minimum absolute atomic E-state index is 0.0368. The predicted molar refractivity (Wildman–Crippen MR) is 89.4 cm³/mol. The lowest BCUT2D eigenvalue weighted by Crippen LogP contribution is -2.32. The highest BCUT2D eigenvalue weighted by molar-refractivity contribution is 7.99. The highest BCUT2D eigenvalue weighted by atomic mass is 32.2. The number of carbonyl (C=O) groups excluding carboxylic acids is 1. The van der Waals surface area contributed by atoms with E-state index in [4.69, 9.17) is 4.52 Å². The van der Waals surface area contributed by atoms with Gasteiger partial charge in [0.2, 0.25) is 5.91 Å². The molecule has 1 unspecified atom stereocenters. The van der Waals surface area contributed by atoms with Crippen molar-refractivity contribution in [2.24, 2.45) is 0 Å². The van der Waals surface area contributed by atoms with Gasteiger partial charge in [0, 0.05) is 23.8 Å². The number of carbonyl (C=O) groups is 1. The summed E-state index contributed by atoms with van der Waals surface area (Å²) in [4.78, 5) is 29.7. The van der Waals surface area contributed by atoms with E-state index in [1.54, 1.807) is 29.3 Å². The third kappa shape index (κ3) is 2.75. The maximum absolute atomic E-state index is 12.8. The average molecular weight is 346 g/mol. The standard InChI is InChI=1S/C16H18N4O3S/c1-9-6-13(19-23-9)18-14(21)7-10-8-24-16-17-12-5-3-2-4-11(12)15(22)20(10)16/h6,10H,2-5,7-8H2,1H3,(H,18,19,21). The fraction of sp³-hybridized carbons (Fsp3) is 0.500. The lowest BCUT2D eigenvalue weighted by molar-refractivity contribution is -0.116. The number of aryl methyl sites for hydroxylation is 2. The normalized spacial score (nSPS) is 19.0. The quantitative estimate of drug-likeness (QED) is 0.856. The van der Waals surface area contributed by atoms with Crippen molar-refractivity contribution in [3.05, 3.63) is 33.4 Å². The fourth-order valence-corrected chi connectivity index (χ4v) is 4.45. The molecule has 2 aromatic heterocycles. The molecule has 24 heavy (non-hydrogen) atoms. The van der Waals surface area contributed by atoms with Gasteiger partial charge >= 0.3 is 0 Å². The summed E-state index contributed by atoms with van der Waals surface area (Å²) in [6.45, 7) is 1.76.